The number of aliphatic hydroxyl groups excluding tert-OH is 13. The van der Waals surface area contributed by atoms with Crippen molar-refractivity contribution in [3.63, 3.8) is 0 Å². The SMILES string of the molecule is CC(C)(C)N1C(=O)CC(C(=O)NCCSC[C@H]2O[C@@H](O[C@@H]3[C@@H](O)[C@H](N)C[C@H](N)[C@H]3O[C@H]3O[C@H](CN)[C@@H](O)[C@H](O)[C@H]3N)[C@H](O)[C@@H]2O[C@H]2O[C@@H](CN)[C@@H](O)[C@H](O)[C@H]2N)N(CCCO[C@@H]2O[C@H](CO)[C@@H](O[C@H]3O[C@H](CO)[C@@H](O)[C@H](O)[C@H]3O)[C@H](O)[C@H]2O)C1=O. The summed E-state index contributed by atoms with van der Waals surface area (Å²) < 4.78 is 58.8. The summed E-state index contributed by atoms with van der Waals surface area (Å²) in [6.45, 7) is 2.31. The Hall–Kier alpha value is -2.40. The molecule has 7 fully saturated rings. The quantitative estimate of drug-likeness (QED) is 0.0422. The molecule has 30 atom stereocenters. The van der Waals surface area contributed by atoms with E-state index in [1.54, 1.807) is 20.8 Å². The number of hydrogen-bond acceptors (Lipinski definition) is 33. The van der Waals surface area contributed by atoms with Gasteiger partial charge in [0.15, 0.2) is 31.5 Å². The number of rotatable bonds is 23. The normalized spacial score (nSPS) is 45.8. The number of thioether (sulfide) groups is 1. The zero-order valence-electron chi connectivity index (χ0n) is 47.2. The lowest BCUT2D eigenvalue weighted by Gasteiger charge is -2.47. The molecule has 0 radical (unpaired) electrons. The van der Waals surface area contributed by atoms with Crippen LogP contribution in [0.5, 0.6) is 0 Å². The van der Waals surface area contributed by atoms with Crippen molar-refractivity contribution in [1.82, 2.24) is 15.1 Å². The van der Waals surface area contributed by atoms with E-state index < -0.39 is 227 Å². The molecule has 0 aromatic heterocycles. The van der Waals surface area contributed by atoms with E-state index in [4.69, 9.17) is 81.8 Å². The highest BCUT2D eigenvalue weighted by Gasteiger charge is 2.56. The molecule has 35 nitrogen and oxygen atoms in total. The molecule has 0 bridgehead atoms. The van der Waals surface area contributed by atoms with Crippen molar-refractivity contribution < 1.29 is 128 Å². The molecule has 492 valence electrons. The number of nitrogens with zero attached hydrogens (tertiary/aromatic N) is 2. The van der Waals surface area contributed by atoms with E-state index in [0.29, 0.717) is 0 Å². The van der Waals surface area contributed by atoms with Crippen LogP contribution in [0.2, 0.25) is 0 Å². The number of aliphatic hydroxyl groups is 13. The number of ether oxygens (including phenoxy) is 10. The largest absolute Gasteiger partial charge is 0.394 e. The van der Waals surface area contributed by atoms with Gasteiger partial charge in [-0.1, -0.05) is 0 Å². The Bertz CT molecular complexity index is 2150. The molecule has 7 rings (SSSR count). The lowest BCUT2D eigenvalue weighted by molar-refractivity contribution is -0.359. The molecule has 7 aliphatic rings. The average molecular weight is 1250 g/mol. The second-order valence-electron chi connectivity index (χ2n) is 23.3. The van der Waals surface area contributed by atoms with Crippen LogP contribution in [0.25, 0.3) is 0 Å². The van der Waals surface area contributed by atoms with Gasteiger partial charge in [0, 0.05) is 55.3 Å². The van der Waals surface area contributed by atoms with Crippen LogP contribution in [-0.4, -0.2) is 341 Å². The summed E-state index contributed by atoms with van der Waals surface area (Å²) in [5.74, 6) is -1.21. The first-order chi connectivity index (χ1) is 40.1. The van der Waals surface area contributed by atoms with Gasteiger partial charge in [0.2, 0.25) is 11.8 Å². The van der Waals surface area contributed by atoms with Gasteiger partial charge >= 0.3 is 6.03 Å². The monoisotopic (exact) mass is 1250 g/mol. The Morgan fingerprint density at radius 2 is 1.08 bits per heavy atom. The van der Waals surface area contributed by atoms with Gasteiger partial charge in [0.25, 0.3) is 0 Å². The summed E-state index contributed by atoms with van der Waals surface area (Å²) in [5, 5.41) is 141. The fourth-order valence-corrected chi connectivity index (χ4v) is 12.2. The van der Waals surface area contributed by atoms with E-state index in [1.165, 1.54) is 16.7 Å². The van der Waals surface area contributed by atoms with Gasteiger partial charge in [-0.2, -0.15) is 11.8 Å². The Morgan fingerprint density at radius 1 is 0.588 bits per heavy atom. The van der Waals surface area contributed by atoms with Gasteiger partial charge in [-0.25, -0.2) is 4.79 Å². The predicted octanol–water partition coefficient (Wildman–Crippen LogP) is -12.2. The van der Waals surface area contributed by atoms with Crippen molar-refractivity contribution in [2.24, 2.45) is 34.4 Å². The molecule has 36 heteroatoms. The van der Waals surface area contributed by atoms with Crippen LogP contribution < -0.4 is 39.7 Å². The summed E-state index contributed by atoms with van der Waals surface area (Å²) in [4.78, 5) is 43.8. The van der Waals surface area contributed by atoms with Crippen LogP contribution in [0.15, 0.2) is 0 Å². The van der Waals surface area contributed by atoms with Crippen LogP contribution in [0.4, 0.5) is 4.79 Å². The summed E-state index contributed by atoms with van der Waals surface area (Å²) in [6.07, 6.45) is -38.6. The second-order valence-corrected chi connectivity index (χ2v) is 24.4. The maximum atomic E-state index is 14.1. The van der Waals surface area contributed by atoms with E-state index >= 15 is 0 Å². The summed E-state index contributed by atoms with van der Waals surface area (Å²) >= 11 is 1.18. The third-order valence-corrected chi connectivity index (χ3v) is 17.3. The van der Waals surface area contributed by atoms with Gasteiger partial charge in [-0.05, 0) is 33.6 Å². The Balaban J connectivity index is 0.981. The number of carbonyl (C=O) groups is 3. The van der Waals surface area contributed by atoms with Crippen molar-refractivity contribution in [2.75, 3.05) is 57.5 Å². The molecule has 6 heterocycles. The molecule has 4 amide bonds. The van der Waals surface area contributed by atoms with Crippen LogP contribution in [-0.2, 0) is 57.0 Å². The van der Waals surface area contributed by atoms with E-state index in [9.17, 15) is 80.8 Å². The third-order valence-electron chi connectivity index (χ3n) is 16.2. The molecule has 1 saturated carbocycles. The zero-order chi connectivity index (χ0) is 62.7. The highest BCUT2D eigenvalue weighted by molar-refractivity contribution is 7.99. The number of imide groups is 1. The fourth-order valence-electron chi connectivity index (χ4n) is 11.3. The molecular weight excluding hydrogens is 1160 g/mol. The minimum Gasteiger partial charge on any atom is -0.394 e. The Labute approximate surface area is 492 Å². The van der Waals surface area contributed by atoms with Crippen LogP contribution in [0, 0.1) is 0 Å². The number of carbonyl (C=O) groups excluding carboxylic acids is 3. The third kappa shape index (κ3) is 15.5. The maximum Gasteiger partial charge on any atom is 0.327 e. The lowest BCUT2D eigenvalue weighted by Crippen LogP contribution is -2.68. The summed E-state index contributed by atoms with van der Waals surface area (Å²) in [5.41, 5.74) is 35.8. The number of nitrogens with one attached hydrogen (secondary N) is 1. The van der Waals surface area contributed by atoms with Crippen LogP contribution in [0.3, 0.4) is 0 Å². The minimum absolute atomic E-state index is 0.00150. The van der Waals surface area contributed by atoms with Gasteiger partial charge in [0.1, 0.15) is 116 Å². The smallest absolute Gasteiger partial charge is 0.327 e. The first kappa shape index (κ1) is 70.1. The molecule has 6 saturated heterocycles. The van der Waals surface area contributed by atoms with Crippen molar-refractivity contribution in [2.45, 2.75) is 229 Å². The molecule has 0 aromatic rings. The molecule has 26 N–H and O–H groups in total. The molecule has 1 unspecified atom stereocenters. The highest BCUT2D eigenvalue weighted by Crippen LogP contribution is 2.37. The van der Waals surface area contributed by atoms with Crippen molar-refractivity contribution in [1.29, 1.82) is 0 Å². The number of amides is 4. The van der Waals surface area contributed by atoms with Gasteiger partial charge in [-0.15, -0.1) is 0 Å². The van der Waals surface area contributed by atoms with Gasteiger partial charge in [-0.3, -0.25) is 14.5 Å². The standard InChI is InChI=1S/C49H89N9O26S/c1-49(2,3)58-24(61)10-18(57(48(58)74)6-4-7-75-45-36(71)34(69)39(22(14-60)79-45)83-46-35(70)33(68)30(65)21(13-59)78-46)42(73)56-5-8-85-15-23-40(82-44-26(55)32(67)29(64)20(12-51)77-44)37(72)47(80-23)84-41-27(62)16(52)9-17(53)38(41)81-43-25(54)31(66)28(63)19(11-50)76-43/h16-23,25-41,43-47,59-60,62-72H,4-15,50-55H2,1-3H3,(H,56,73)/t16-,17+,18?,19-,20+,21-,22-,23-,25-,26-,27+,28-,29-,30-,31-,32-,33+,34-,35-,36-,37-,38-,39-,40-,41-,43-,44-,45-,46-,47+/m1/s1. The molecule has 85 heavy (non-hydrogen) atoms. The van der Waals surface area contributed by atoms with Crippen molar-refractivity contribution in [3.05, 3.63) is 0 Å². The number of urea groups is 1. The maximum absolute atomic E-state index is 14.1. The first-order valence-electron chi connectivity index (χ1n) is 28.2. The topological polar surface area (TPSA) is 581 Å². The molecule has 6 aliphatic heterocycles. The number of nitrogens with two attached hydrogens (primary N) is 6. The Morgan fingerprint density at radius 3 is 1.66 bits per heavy atom. The van der Waals surface area contributed by atoms with E-state index in [1.807, 2.05) is 0 Å². The van der Waals surface area contributed by atoms with E-state index in [-0.39, 0.29) is 57.1 Å². The van der Waals surface area contributed by atoms with Gasteiger partial charge < -0.3 is 158 Å². The molecular formula is C49H89N9O26S. The number of hydrogen-bond donors (Lipinski definition) is 20. The van der Waals surface area contributed by atoms with Crippen molar-refractivity contribution >= 4 is 29.6 Å². The van der Waals surface area contributed by atoms with Crippen molar-refractivity contribution in [3.8, 4) is 0 Å². The summed E-state index contributed by atoms with van der Waals surface area (Å²) in [7, 11) is 0. The van der Waals surface area contributed by atoms with E-state index in [2.05, 4.69) is 5.32 Å². The second kappa shape index (κ2) is 30.1. The predicted molar refractivity (Wildman–Crippen MR) is 286 cm³/mol. The highest BCUT2D eigenvalue weighted by atomic mass is 32.2. The van der Waals surface area contributed by atoms with Gasteiger partial charge in [0.05, 0.1) is 50.5 Å². The molecule has 0 aromatic carbocycles. The summed E-state index contributed by atoms with van der Waals surface area (Å²) in [6, 6.07) is -6.74. The first-order valence-corrected chi connectivity index (χ1v) is 29.4. The minimum atomic E-state index is -1.88. The fraction of sp³-hybridized carbons (Fsp3) is 0.939. The van der Waals surface area contributed by atoms with Crippen LogP contribution >= 0.6 is 11.8 Å². The Kier molecular flexibility index (Phi) is 24.9. The molecule has 1 aliphatic carbocycles. The zero-order valence-corrected chi connectivity index (χ0v) is 48.0. The van der Waals surface area contributed by atoms with E-state index in [0.717, 1.165) is 4.90 Å². The lowest BCUT2D eigenvalue weighted by atomic mass is 9.84. The molecule has 0 spiro atoms. The van der Waals surface area contributed by atoms with Crippen LogP contribution in [0.1, 0.15) is 40.0 Å². The average Bonchev–Trinajstić information content (AvgIpc) is 2.49.